The van der Waals surface area contributed by atoms with Crippen molar-refractivity contribution in [2.24, 2.45) is 0 Å². The number of nitro benzene ring substituents is 1. The molecule has 2 N–H and O–H groups in total. The number of benzene rings is 4. The maximum atomic E-state index is 12.9. The number of methoxy groups -OCH3 is 2. The Kier molecular flexibility index (Phi) is 18.3. The van der Waals surface area contributed by atoms with Crippen LogP contribution in [0.1, 0.15) is 57.9 Å². The Morgan fingerprint density at radius 2 is 1.12 bits per heavy atom. The van der Waals surface area contributed by atoms with E-state index in [9.17, 15) is 32.7 Å². The highest BCUT2D eigenvalue weighted by Crippen LogP contribution is 2.35. The molecule has 324 valence electrons. The van der Waals surface area contributed by atoms with Gasteiger partial charge in [-0.2, -0.15) is 0 Å². The molecule has 60 heavy (non-hydrogen) atoms. The van der Waals surface area contributed by atoms with Crippen LogP contribution in [0.25, 0.3) is 0 Å². The van der Waals surface area contributed by atoms with Crippen molar-refractivity contribution in [3.63, 3.8) is 0 Å². The van der Waals surface area contributed by atoms with Crippen LogP contribution < -0.4 is 15.1 Å². The van der Waals surface area contributed by atoms with Crippen LogP contribution in [-0.2, 0) is 35.7 Å². The minimum absolute atomic E-state index is 0.162. The Bertz CT molecular complexity index is 2020. The maximum Gasteiger partial charge on any atom is 0.269 e. The minimum atomic E-state index is -4.52. The van der Waals surface area contributed by atoms with Crippen molar-refractivity contribution in [2.75, 3.05) is 63.4 Å². The molecule has 2 fully saturated rings. The molecule has 0 atom stereocenters. The molecule has 2 aliphatic rings. The molecule has 4 aromatic carbocycles. The standard InChI is InChI=1S/C23H30N2O2.C16H24N2O2.C6H5NO5S/c1-3-22(26)25(21-12-8-5-9-13-21)23(19-27-2)14-16-24(17-15-23)18-20-10-6-4-7-11-20;1-3-15(19)18(14-7-5-4-6-8-14)16(13-20-2)9-11-17-12-10-16;8-7(9)5-1-3-6(4-2-5)13(10,11)12/h4-13H,3,14-19H2,1-2H3;4-8,17H,3,9-13H2,1-2H3;1-4H,(H,10,11,12). The first kappa shape index (κ1) is 47.6. The third kappa shape index (κ3) is 13.0. The molecule has 4 aromatic rings. The van der Waals surface area contributed by atoms with E-state index < -0.39 is 19.9 Å². The first-order valence-corrected chi connectivity index (χ1v) is 21.8. The first-order chi connectivity index (χ1) is 28.8. The molecule has 0 radical (unpaired) electrons. The summed E-state index contributed by atoms with van der Waals surface area (Å²) in [4.78, 5) is 40.9. The van der Waals surface area contributed by atoms with Gasteiger partial charge < -0.3 is 29.1 Å². The van der Waals surface area contributed by atoms with Gasteiger partial charge >= 0.3 is 0 Å². The number of amides is 2. The zero-order valence-electron chi connectivity index (χ0n) is 35.1. The predicted octanol–water partition coefficient (Wildman–Crippen LogP) is 5.78. The Morgan fingerprint density at radius 1 is 0.700 bits per heavy atom. The van der Waals surface area contributed by atoms with E-state index in [-0.39, 0.29) is 28.6 Å². The van der Waals surface area contributed by atoms with Crippen LogP contribution in [-0.4, -0.2) is 99.3 Å². The number of ether oxygens (including phenoxy) is 2. The molecule has 2 saturated heterocycles. The van der Waals surface area contributed by atoms with Gasteiger partial charge in [-0.15, -0.1) is 0 Å². The lowest BCUT2D eigenvalue weighted by molar-refractivity contribution is -0.665. The lowest BCUT2D eigenvalue weighted by Gasteiger charge is -2.48. The van der Waals surface area contributed by atoms with Crippen LogP contribution in [0.5, 0.6) is 0 Å². The van der Waals surface area contributed by atoms with Gasteiger partial charge in [0, 0.05) is 83.0 Å². The number of nitro groups is 1. The Morgan fingerprint density at radius 3 is 1.50 bits per heavy atom. The number of nitrogens with zero attached hydrogens (tertiary/aromatic N) is 4. The molecule has 6 rings (SSSR count). The molecule has 0 aromatic heterocycles. The number of non-ortho nitro benzene ring substituents is 1. The van der Waals surface area contributed by atoms with Crippen LogP contribution in [0.2, 0.25) is 0 Å². The average molecular weight is 846 g/mol. The van der Waals surface area contributed by atoms with Crippen molar-refractivity contribution in [3.05, 3.63) is 131 Å². The summed E-state index contributed by atoms with van der Waals surface area (Å²) in [5, 5.41) is 12.5. The molecule has 2 aliphatic heterocycles. The van der Waals surface area contributed by atoms with E-state index in [0.29, 0.717) is 26.1 Å². The normalized spacial score (nSPS) is 15.9. The molecule has 0 bridgehead atoms. The fourth-order valence-electron chi connectivity index (χ4n) is 7.95. The van der Waals surface area contributed by atoms with E-state index >= 15 is 0 Å². The Labute approximate surface area is 354 Å². The second-order valence-corrected chi connectivity index (χ2v) is 16.4. The number of quaternary nitrogens is 1. The second kappa shape index (κ2) is 23.1. The van der Waals surface area contributed by atoms with Gasteiger partial charge in [-0.05, 0) is 54.8 Å². The van der Waals surface area contributed by atoms with Crippen LogP contribution in [0.4, 0.5) is 17.1 Å². The molecule has 0 spiro atoms. The number of para-hydroxylation sites is 2. The first-order valence-electron chi connectivity index (χ1n) is 20.4. The minimum Gasteiger partial charge on any atom is -0.744 e. The van der Waals surface area contributed by atoms with Crippen molar-refractivity contribution in [3.8, 4) is 0 Å². The lowest BCUT2D eigenvalue weighted by Crippen LogP contribution is -2.89. The summed E-state index contributed by atoms with van der Waals surface area (Å²) >= 11 is 0. The van der Waals surface area contributed by atoms with E-state index in [2.05, 4.69) is 40.5 Å². The third-order valence-corrected chi connectivity index (χ3v) is 11.8. The van der Waals surface area contributed by atoms with Crippen molar-refractivity contribution in [1.82, 2.24) is 4.90 Å². The molecule has 0 unspecified atom stereocenters. The van der Waals surface area contributed by atoms with Crippen molar-refractivity contribution in [1.29, 1.82) is 0 Å². The van der Waals surface area contributed by atoms with Crippen LogP contribution >= 0.6 is 0 Å². The molecule has 2 heterocycles. The number of anilines is 2. The van der Waals surface area contributed by atoms with E-state index in [4.69, 9.17) is 9.47 Å². The van der Waals surface area contributed by atoms with Gasteiger partial charge in [0.25, 0.3) is 5.69 Å². The quantitative estimate of drug-likeness (QED) is 0.0929. The summed E-state index contributed by atoms with van der Waals surface area (Å²) in [7, 11) is -1.06. The number of hydrogen-bond acceptors (Lipinski definition) is 10. The number of carbonyl (C=O) groups excluding carboxylic acids is 2. The predicted molar refractivity (Wildman–Crippen MR) is 231 cm³/mol. The summed E-state index contributed by atoms with van der Waals surface area (Å²) in [6, 6.07) is 34.3. The monoisotopic (exact) mass is 845 g/mol. The van der Waals surface area contributed by atoms with Crippen molar-refractivity contribution < 1.29 is 42.3 Å². The second-order valence-electron chi connectivity index (χ2n) is 15.0. The van der Waals surface area contributed by atoms with Crippen LogP contribution in [0, 0.1) is 10.1 Å². The highest BCUT2D eigenvalue weighted by atomic mass is 32.2. The molecular formula is C45H59N5O9S. The maximum absolute atomic E-state index is 12.9. The van der Waals surface area contributed by atoms with Crippen molar-refractivity contribution >= 4 is 39.0 Å². The van der Waals surface area contributed by atoms with E-state index in [1.54, 1.807) is 14.2 Å². The largest absolute Gasteiger partial charge is 0.744 e. The van der Waals surface area contributed by atoms with Gasteiger partial charge in [0.2, 0.25) is 11.8 Å². The zero-order chi connectivity index (χ0) is 43.6. The highest BCUT2D eigenvalue weighted by molar-refractivity contribution is 7.85. The fraction of sp³-hybridized carbons (Fsp3) is 0.422. The van der Waals surface area contributed by atoms with Gasteiger partial charge in [-0.25, -0.2) is 8.42 Å². The molecule has 2 amide bonds. The smallest absolute Gasteiger partial charge is 0.269 e. The number of hydrogen-bond donors (Lipinski definition) is 1. The van der Waals surface area contributed by atoms with Crippen molar-refractivity contribution in [2.45, 2.75) is 74.9 Å². The van der Waals surface area contributed by atoms with Gasteiger partial charge in [0.15, 0.2) is 0 Å². The summed E-state index contributed by atoms with van der Waals surface area (Å²) in [6.45, 7) is 9.98. The topological polar surface area (TPSA) is 179 Å². The van der Waals surface area contributed by atoms with E-state index in [1.807, 2.05) is 84.3 Å². The van der Waals surface area contributed by atoms with Crippen LogP contribution in [0.3, 0.4) is 0 Å². The molecule has 14 nitrogen and oxygen atoms in total. The fourth-order valence-corrected chi connectivity index (χ4v) is 8.42. The summed E-state index contributed by atoms with van der Waals surface area (Å²) in [5.74, 6) is 0.338. The van der Waals surface area contributed by atoms with E-state index in [0.717, 1.165) is 94.0 Å². The van der Waals surface area contributed by atoms with Gasteiger partial charge in [0.1, 0.15) is 10.1 Å². The number of nitrogens with two attached hydrogens (primary N) is 1. The lowest BCUT2D eigenvalue weighted by atomic mass is 9.85. The number of likely N-dealkylation sites (tertiary alicyclic amines) is 1. The van der Waals surface area contributed by atoms with E-state index in [1.165, 1.54) is 5.56 Å². The average Bonchev–Trinajstić information content (AvgIpc) is 3.26. The molecule has 0 aliphatic carbocycles. The third-order valence-electron chi connectivity index (χ3n) is 10.9. The molecule has 15 heteroatoms. The van der Waals surface area contributed by atoms with Gasteiger partial charge in [-0.1, -0.05) is 80.6 Å². The SMILES string of the molecule is CCC(=O)N(c1ccccc1)C1(COC)CCN(Cc2ccccc2)CC1.CCC(=O)N(c1ccccc1)C1(COC)CC[NH2+]CC1.O=[N+]([O-])c1ccc(S(=O)(=O)[O-])cc1. The molecular weight excluding hydrogens is 787 g/mol. The Hall–Kier alpha value is -5.03. The van der Waals surface area contributed by atoms with Gasteiger partial charge in [0.05, 0.1) is 47.2 Å². The number of piperidine rings is 2. The number of carbonyl (C=O) groups is 2. The zero-order valence-corrected chi connectivity index (χ0v) is 35.9. The molecule has 0 saturated carbocycles. The summed E-state index contributed by atoms with van der Waals surface area (Å²) < 4.78 is 42.3. The van der Waals surface area contributed by atoms with Gasteiger partial charge in [-0.3, -0.25) is 24.6 Å². The highest BCUT2D eigenvalue weighted by Gasteiger charge is 2.44. The number of rotatable bonds is 14. The summed E-state index contributed by atoms with van der Waals surface area (Å²) in [6.07, 6.45) is 4.78. The Balaban J connectivity index is 0.000000212. The van der Waals surface area contributed by atoms with Crippen LogP contribution in [0.15, 0.2) is 120 Å². The summed E-state index contributed by atoms with van der Waals surface area (Å²) in [5.41, 5.74) is 2.55.